The van der Waals surface area contributed by atoms with Crippen LogP contribution in [0.2, 0.25) is 0 Å². The lowest BCUT2D eigenvalue weighted by Crippen LogP contribution is -2.48. The number of benzene rings is 2. The van der Waals surface area contributed by atoms with E-state index in [1.54, 1.807) is 24.1 Å². The van der Waals surface area contributed by atoms with Gasteiger partial charge in [-0.1, -0.05) is 36.4 Å². The Balaban J connectivity index is 1.64. The number of carbonyl (C=O) groups is 2. The molecule has 0 saturated carbocycles. The Labute approximate surface area is 170 Å². The Morgan fingerprint density at radius 1 is 1.03 bits per heavy atom. The molecule has 7 heteroatoms. The van der Waals surface area contributed by atoms with Gasteiger partial charge in [0.15, 0.2) is 6.61 Å². The summed E-state index contributed by atoms with van der Waals surface area (Å²) < 4.78 is 16.5. The average molecular weight is 398 g/mol. The Hall–Kier alpha value is -3.06. The Kier molecular flexibility index (Phi) is 7.47. The van der Waals surface area contributed by atoms with Gasteiger partial charge in [0.25, 0.3) is 5.91 Å². The number of para-hydroxylation sites is 2. The van der Waals surface area contributed by atoms with E-state index in [9.17, 15) is 9.59 Å². The first-order valence-electron chi connectivity index (χ1n) is 9.63. The molecule has 2 aromatic rings. The van der Waals surface area contributed by atoms with Gasteiger partial charge in [0.2, 0.25) is 5.91 Å². The molecule has 0 aliphatic carbocycles. The molecule has 2 unspecified atom stereocenters. The number of amides is 2. The summed E-state index contributed by atoms with van der Waals surface area (Å²) in [5.41, 5.74) is 0. The van der Waals surface area contributed by atoms with Gasteiger partial charge in [-0.3, -0.25) is 9.59 Å². The molecule has 1 saturated heterocycles. The van der Waals surface area contributed by atoms with Crippen LogP contribution in [0, 0.1) is 0 Å². The highest BCUT2D eigenvalue weighted by atomic mass is 16.5. The van der Waals surface area contributed by atoms with Crippen LogP contribution in [0.15, 0.2) is 60.7 Å². The molecule has 1 aliphatic rings. The molecule has 0 radical (unpaired) electrons. The SMILES string of the molecule is COCCNC(=O)C1CC(Oc2ccccc2)CN1C(=O)COc1ccccc1. The predicted octanol–water partition coefficient (Wildman–Crippen LogP) is 1.88. The van der Waals surface area contributed by atoms with Gasteiger partial charge < -0.3 is 24.4 Å². The second kappa shape index (κ2) is 10.5. The minimum atomic E-state index is -0.604. The molecule has 1 heterocycles. The maximum Gasteiger partial charge on any atom is 0.261 e. The summed E-state index contributed by atoms with van der Waals surface area (Å²) in [5.74, 6) is 0.860. The predicted molar refractivity (Wildman–Crippen MR) is 108 cm³/mol. The van der Waals surface area contributed by atoms with Gasteiger partial charge in [0.1, 0.15) is 23.6 Å². The van der Waals surface area contributed by atoms with Gasteiger partial charge in [-0.2, -0.15) is 0 Å². The molecule has 1 aliphatic heterocycles. The van der Waals surface area contributed by atoms with Crippen molar-refractivity contribution in [2.75, 3.05) is 33.4 Å². The van der Waals surface area contributed by atoms with Crippen molar-refractivity contribution in [2.45, 2.75) is 18.6 Å². The Bertz CT molecular complexity index is 784. The van der Waals surface area contributed by atoms with E-state index >= 15 is 0 Å². The number of nitrogens with zero attached hydrogens (tertiary/aromatic N) is 1. The van der Waals surface area contributed by atoms with Crippen LogP contribution in [0.3, 0.4) is 0 Å². The molecule has 1 N–H and O–H groups in total. The van der Waals surface area contributed by atoms with Crippen molar-refractivity contribution < 1.29 is 23.8 Å². The maximum atomic E-state index is 12.8. The molecule has 29 heavy (non-hydrogen) atoms. The first-order valence-corrected chi connectivity index (χ1v) is 9.63. The zero-order chi connectivity index (χ0) is 20.5. The number of hydrogen-bond acceptors (Lipinski definition) is 5. The fraction of sp³-hybridized carbons (Fsp3) is 0.364. The molecule has 2 amide bonds. The van der Waals surface area contributed by atoms with Crippen LogP contribution in [-0.2, 0) is 14.3 Å². The first-order chi connectivity index (χ1) is 14.2. The molecule has 2 atom stereocenters. The molecule has 0 spiro atoms. The van der Waals surface area contributed by atoms with Gasteiger partial charge in [0.05, 0.1) is 13.2 Å². The quantitative estimate of drug-likeness (QED) is 0.653. The third kappa shape index (κ3) is 5.96. The normalized spacial score (nSPS) is 18.3. The largest absolute Gasteiger partial charge is 0.488 e. The summed E-state index contributed by atoms with van der Waals surface area (Å²) in [5, 5.41) is 2.81. The summed E-state index contributed by atoms with van der Waals surface area (Å²) in [6.45, 7) is 0.990. The van der Waals surface area contributed by atoms with Crippen LogP contribution in [0.4, 0.5) is 0 Å². The van der Waals surface area contributed by atoms with Gasteiger partial charge >= 0.3 is 0 Å². The second-order valence-corrected chi connectivity index (χ2v) is 6.74. The monoisotopic (exact) mass is 398 g/mol. The molecule has 1 fully saturated rings. The number of methoxy groups -OCH3 is 1. The lowest BCUT2D eigenvalue weighted by Gasteiger charge is -2.23. The average Bonchev–Trinajstić information content (AvgIpc) is 3.17. The van der Waals surface area contributed by atoms with Crippen LogP contribution < -0.4 is 14.8 Å². The number of hydrogen-bond donors (Lipinski definition) is 1. The standard InChI is InChI=1S/C22H26N2O5/c1-27-13-12-23-22(26)20-14-19(29-18-10-6-3-7-11-18)15-24(20)21(25)16-28-17-8-4-2-5-9-17/h2-11,19-20H,12-16H2,1H3,(H,23,26). The van der Waals surface area contributed by atoms with E-state index in [2.05, 4.69) is 5.32 Å². The van der Waals surface area contributed by atoms with Crippen molar-refractivity contribution in [1.82, 2.24) is 10.2 Å². The number of ether oxygens (including phenoxy) is 3. The first kappa shape index (κ1) is 20.7. The van der Waals surface area contributed by atoms with Crippen molar-refractivity contribution in [1.29, 1.82) is 0 Å². The van der Waals surface area contributed by atoms with E-state index in [1.807, 2.05) is 48.5 Å². The third-order valence-electron chi connectivity index (χ3n) is 4.64. The van der Waals surface area contributed by atoms with Crippen LogP contribution in [0.5, 0.6) is 11.5 Å². The van der Waals surface area contributed by atoms with Gasteiger partial charge in [-0.05, 0) is 24.3 Å². The molecule has 7 nitrogen and oxygen atoms in total. The number of carbonyl (C=O) groups excluding carboxylic acids is 2. The van der Waals surface area contributed by atoms with Crippen molar-refractivity contribution in [3.63, 3.8) is 0 Å². The molecule has 3 rings (SSSR count). The summed E-state index contributed by atoms with van der Waals surface area (Å²) >= 11 is 0. The zero-order valence-corrected chi connectivity index (χ0v) is 16.5. The van der Waals surface area contributed by atoms with Crippen LogP contribution in [0.25, 0.3) is 0 Å². The van der Waals surface area contributed by atoms with E-state index in [0.29, 0.717) is 37.6 Å². The van der Waals surface area contributed by atoms with E-state index < -0.39 is 6.04 Å². The second-order valence-electron chi connectivity index (χ2n) is 6.74. The molecule has 2 aromatic carbocycles. The number of nitrogens with one attached hydrogen (secondary N) is 1. The smallest absolute Gasteiger partial charge is 0.261 e. The zero-order valence-electron chi connectivity index (χ0n) is 16.5. The molecule has 0 aromatic heterocycles. The van der Waals surface area contributed by atoms with Gasteiger partial charge in [-0.15, -0.1) is 0 Å². The fourth-order valence-corrected chi connectivity index (χ4v) is 3.24. The topological polar surface area (TPSA) is 77.1 Å². The summed E-state index contributed by atoms with van der Waals surface area (Å²) in [6, 6.07) is 17.9. The van der Waals surface area contributed by atoms with Crippen molar-refractivity contribution in [3.8, 4) is 11.5 Å². The lowest BCUT2D eigenvalue weighted by molar-refractivity contribution is -0.140. The molecular formula is C22H26N2O5. The fourth-order valence-electron chi connectivity index (χ4n) is 3.24. The van der Waals surface area contributed by atoms with Gasteiger partial charge in [-0.25, -0.2) is 0 Å². The summed E-state index contributed by atoms with van der Waals surface area (Å²) in [7, 11) is 1.57. The summed E-state index contributed by atoms with van der Waals surface area (Å²) in [4.78, 5) is 27.0. The highest BCUT2D eigenvalue weighted by Gasteiger charge is 2.40. The lowest BCUT2D eigenvalue weighted by atomic mass is 10.2. The molecular weight excluding hydrogens is 372 g/mol. The van der Waals surface area contributed by atoms with Gasteiger partial charge in [0, 0.05) is 20.1 Å². The maximum absolute atomic E-state index is 12.8. The van der Waals surface area contributed by atoms with E-state index in [0.717, 1.165) is 0 Å². The van der Waals surface area contributed by atoms with E-state index in [-0.39, 0.29) is 24.5 Å². The highest BCUT2D eigenvalue weighted by Crippen LogP contribution is 2.24. The third-order valence-corrected chi connectivity index (χ3v) is 4.64. The minimum Gasteiger partial charge on any atom is -0.488 e. The van der Waals surface area contributed by atoms with Crippen molar-refractivity contribution in [3.05, 3.63) is 60.7 Å². The Morgan fingerprint density at radius 2 is 1.69 bits per heavy atom. The minimum absolute atomic E-state index is 0.135. The number of likely N-dealkylation sites (tertiary alicyclic amines) is 1. The van der Waals surface area contributed by atoms with E-state index in [4.69, 9.17) is 14.2 Å². The Morgan fingerprint density at radius 3 is 2.34 bits per heavy atom. The van der Waals surface area contributed by atoms with Crippen LogP contribution in [0.1, 0.15) is 6.42 Å². The highest BCUT2D eigenvalue weighted by molar-refractivity contribution is 5.89. The van der Waals surface area contributed by atoms with Crippen LogP contribution in [-0.4, -0.2) is 62.3 Å². The van der Waals surface area contributed by atoms with Crippen molar-refractivity contribution >= 4 is 11.8 Å². The molecule has 0 bridgehead atoms. The van der Waals surface area contributed by atoms with Crippen molar-refractivity contribution in [2.24, 2.45) is 0 Å². The molecule has 154 valence electrons. The van der Waals surface area contributed by atoms with E-state index in [1.165, 1.54) is 0 Å². The number of rotatable bonds is 9. The summed E-state index contributed by atoms with van der Waals surface area (Å²) in [6.07, 6.45) is 0.154. The van der Waals surface area contributed by atoms with Crippen LogP contribution >= 0.6 is 0 Å².